The third-order valence-corrected chi connectivity index (χ3v) is 1.72. The van der Waals surface area contributed by atoms with Crippen LogP contribution in [0.2, 0.25) is 0 Å². The third-order valence-electron chi connectivity index (χ3n) is 1.72. The highest BCUT2D eigenvalue weighted by Crippen LogP contribution is 2.09. The van der Waals surface area contributed by atoms with Crippen molar-refractivity contribution in [1.29, 1.82) is 0 Å². The van der Waals surface area contributed by atoms with E-state index in [1.807, 2.05) is 0 Å². The zero-order valence-corrected chi connectivity index (χ0v) is 11.4. The number of carbonyl (C=O) groups excluding carboxylic acids is 2. The van der Waals surface area contributed by atoms with Crippen molar-refractivity contribution in [1.82, 2.24) is 0 Å². The molecule has 0 saturated carbocycles. The van der Waals surface area contributed by atoms with Gasteiger partial charge in [0, 0.05) is 12.6 Å². The largest absolute Gasteiger partial charge is 0.460 e. The second-order valence-corrected chi connectivity index (χ2v) is 4.60. The lowest BCUT2D eigenvalue weighted by molar-refractivity contribution is -0.155. The highest BCUT2D eigenvalue weighted by Gasteiger charge is 2.18. The number of nitrogens with zero attached hydrogens (tertiary/aromatic N) is 2. The number of hydrogen-bond acceptors (Lipinski definition) is 4. The lowest BCUT2D eigenvalue weighted by Gasteiger charge is -2.19. The molecule has 0 aromatic heterocycles. The first-order chi connectivity index (χ1) is 8.30. The van der Waals surface area contributed by atoms with Crippen LogP contribution in [0.25, 0.3) is 0 Å². The number of hydrogen-bond donors (Lipinski definition) is 0. The van der Waals surface area contributed by atoms with Gasteiger partial charge in [-0.3, -0.25) is 9.59 Å². The first-order valence-corrected chi connectivity index (χ1v) is 5.71. The molecule has 5 nitrogen and oxygen atoms in total. The molecule has 100 valence electrons. The predicted octanol–water partition coefficient (Wildman–Crippen LogP) is 2.31. The predicted molar refractivity (Wildman–Crippen MR) is 71.9 cm³/mol. The summed E-state index contributed by atoms with van der Waals surface area (Å²) in [5.41, 5.74) is -0.543. The van der Waals surface area contributed by atoms with E-state index >= 15 is 0 Å². The number of ketones is 1. The molecule has 0 bridgehead atoms. The van der Waals surface area contributed by atoms with Crippen molar-refractivity contribution >= 4 is 24.3 Å². The van der Waals surface area contributed by atoms with E-state index in [1.54, 1.807) is 33.8 Å². The number of rotatable bonds is 5. The van der Waals surface area contributed by atoms with Gasteiger partial charge < -0.3 is 4.74 Å². The fraction of sp³-hybridized carbons (Fsp3) is 0.538. The summed E-state index contributed by atoms with van der Waals surface area (Å²) in [7, 11) is 0. The monoisotopic (exact) mass is 252 g/mol. The minimum absolute atomic E-state index is 0.0108. The number of Topliss-reactive ketones (excluding diaryl/α,β-unsaturated/α-hetero) is 1. The molecule has 0 aliphatic carbocycles. The number of amidine groups is 1. The normalized spacial score (nSPS) is 12.6. The molecule has 0 fully saturated rings. The number of aliphatic imine (C=N–C) groups is 2. The van der Waals surface area contributed by atoms with Crippen LogP contribution in [0, 0.1) is 0 Å². The molecule has 0 spiro atoms. The molecule has 0 aliphatic heterocycles. The van der Waals surface area contributed by atoms with Crippen molar-refractivity contribution in [2.24, 2.45) is 9.98 Å². The maximum atomic E-state index is 11.6. The average Bonchev–Trinajstić information content (AvgIpc) is 2.25. The van der Waals surface area contributed by atoms with Crippen LogP contribution < -0.4 is 0 Å². The summed E-state index contributed by atoms with van der Waals surface area (Å²) >= 11 is 0. The van der Waals surface area contributed by atoms with Gasteiger partial charge in [0.1, 0.15) is 5.60 Å². The van der Waals surface area contributed by atoms with Gasteiger partial charge in [-0.15, -0.1) is 0 Å². The third kappa shape index (κ3) is 7.49. The van der Waals surface area contributed by atoms with Crippen LogP contribution in [-0.4, -0.2) is 29.9 Å². The summed E-state index contributed by atoms with van der Waals surface area (Å²) in [6.45, 7) is 10.4. The van der Waals surface area contributed by atoms with E-state index in [1.165, 1.54) is 6.20 Å². The minimum atomic E-state index is -0.543. The Morgan fingerprint density at radius 3 is 2.33 bits per heavy atom. The van der Waals surface area contributed by atoms with E-state index < -0.39 is 11.6 Å². The van der Waals surface area contributed by atoms with E-state index in [0.717, 1.165) is 0 Å². The molecule has 0 amide bonds. The molecule has 0 rings (SSSR count). The number of allylic oxidation sites excluding steroid dienone is 1. The smallest absolute Gasteiger partial charge is 0.306 e. The highest BCUT2D eigenvalue weighted by atomic mass is 16.6. The van der Waals surface area contributed by atoms with E-state index in [4.69, 9.17) is 4.74 Å². The molecule has 0 aromatic carbocycles. The maximum Gasteiger partial charge on any atom is 0.306 e. The summed E-state index contributed by atoms with van der Waals surface area (Å²) in [4.78, 5) is 30.4. The second kappa shape index (κ2) is 7.53. The lowest BCUT2D eigenvalue weighted by Crippen LogP contribution is -2.24. The van der Waals surface area contributed by atoms with Gasteiger partial charge in [0.05, 0.1) is 6.42 Å². The second-order valence-electron chi connectivity index (χ2n) is 4.60. The van der Waals surface area contributed by atoms with Crippen molar-refractivity contribution in [3.05, 3.63) is 12.3 Å². The van der Waals surface area contributed by atoms with Crippen LogP contribution in [-0.2, 0) is 14.3 Å². The quantitative estimate of drug-likeness (QED) is 0.428. The van der Waals surface area contributed by atoms with Crippen molar-refractivity contribution in [2.45, 2.75) is 46.1 Å². The summed E-state index contributed by atoms with van der Waals surface area (Å²) in [5, 5.41) is 0. The molecule has 0 saturated heterocycles. The van der Waals surface area contributed by atoms with Gasteiger partial charge >= 0.3 is 5.97 Å². The molecule has 0 atom stereocenters. The molecule has 0 N–H and O–H groups in total. The summed E-state index contributed by atoms with van der Waals surface area (Å²) in [5.74, 6) is -0.726. The van der Waals surface area contributed by atoms with Crippen molar-refractivity contribution in [2.75, 3.05) is 0 Å². The van der Waals surface area contributed by atoms with Crippen LogP contribution >= 0.6 is 0 Å². The molecule has 0 unspecified atom stereocenters. The Kier molecular flexibility index (Phi) is 6.78. The van der Waals surface area contributed by atoms with Crippen LogP contribution in [0.15, 0.2) is 22.3 Å². The fourth-order valence-corrected chi connectivity index (χ4v) is 1.07. The van der Waals surface area contributed by atoms with Crippen LogP contribution in [0.1, 0.15) is 40.5 Å². The van der Waals surface area contributed by atoms with Gasteiger partial charge in [-0.2, -0.15) is 0 Å². The van der Waals surface area contributed by atoms with Crippen LogP contribution in [0.5, 0.6) is 0 Å². The van der Waals surface area contributed by atoms with Crippen molar-refractivity contribution in [3.8, 4) is 0 Å². The standard InChI is InChI=1S/C13H20N2O3/c1-6-9-15-12(14-5)10(16)7-8-11(17)18-13(2,3)4/h6,9H,5,7-8H2,1-4H3/b9-6-,15-12-. The molecule has 0 aromatic rings. The van der Waals surface area contributed by atoms with Gasteiger partial charge in [-0.05, 0) is 34.4 Å². The Morgan fingerprint density at radius 1 is 1.28 bits per heavy atom. The van der Waals surface area contributed by atoms with Gasteiger partial charge in [0.2, 0.25) is 5.78 Å². The molecule has 5 heteroatoms. The minimum Gasteiger partial charge on any atom is -0.460 e. The number of carbonyl (C=O) groups is 2. The first-order valence-electron chi connectivity index (χ1n) is 5.71. The zero-order chi connectivity index (χ0) is 14.2. The SMILES string of the molecule is C=N/C(=N\C=C/C)C(=O)CCC(=O)OC(C)(C)C. The molecule has 0 aliphatic rings. The molecule has 18 heavy (non-hydrogen) atoms. The Balaban J connectivity index is 4.33. The topological polar surface area (TPSA) is 68.1 Å². The van der Waals surface area contributed by atoms with Crippen molar-refractivity contribution in [3.63, 3.8) is 0 Å². The summed E-state index contributed by atoms with van der Waals surface area (Å²) in [6, 6.07) is 0. The Hall–Kier alpha value is -1.78. The van der Waals surface area contributed by atoms with Gasteiger partial charge in [-0.25, -0.2) is 9.98 Å². The van der Waals surface area contributed by atoms with Crippen molar-refractivity contribution < 1.29 is 14.3 Å². The fourth-order valence-electron chi connectivity index (χ4n) is 1.07. The maximum absolute atomic E-state index is 11.6. The Bertz CT molecular complexity index is 376. The Morgan fingerprint density at radius 2 is 1.89 bits per heavy atom. The average molecular weight is 252 g/mol. The van der Waals surface area contributed by atoms with Gasteiger partial charge in [-0.1, -0.05) is 6.08 Å². The lowest BCUT2D eigenvalue weighted by atomic mass is 10.1. The van der Waals surface area contributed by atoms with E-state index in [2.05, 4.69) is 16.7 Å². The number of ether oxygens (including phenoxy) is 1. The summed E-state index contributed by atoms with van der Waals surface area (Å²) < 4.78 is 5.09. The highest BCUT2D eigenvalue weighted by molar-refractivity contribution is 6.40. The molecule has 0 heterocycles. The Labute approximate surface area is 108 Å². The van der Waals surface area contributed by atoms with Gasteiger partial charge in [0.15, 0.2) is 5.84 Å². The molecule has 0 radical (unpaired) electrons. The summed E-state index contributed by atoms with van der Waals surface area (Å²) in [6.07, 6.45) is 3.16. The van der Waals surface area contributed by atoms with E-state index in [-0.39, 0.29) is 24.5 Å². The molecular formula is C13H20N2O3. The molecular weight excluding hydrogens is 232 g/mol. The van der Waals surface area contributed by atoms with Crippen LogP contribution in [0.4, 0.5) is 0 Å². The first kappa shape index (κ1) is 16.2. The van der Waals surface area contributed by atoms with E-state index in [9.17, 15) is 9.59 Å². The zero-order valence-electron chi connectivity index (χ0n) is 11.4. The van der Waals surface area contributed by atoms with E-state index in [0.29, 0.717) is 0 Å². The van der Waals surface area contributed by atoms with Gasteiger partial charge in [0.25, 0.3) is 0 Å². The number of esters is 1. The van der Waals surface area contributed by atoms with Crippen LogP contribution in [0.3, 0.4) is 0 Å².